The van der Waals surface area contributed by atoms with Gasteiger partial charge in [-0.25, -0.2) is 0 Å². The normalized spacial score (nSPS) is 17.7. The van der Waals surface area contributed by atoms with E-state index in [0.29, 0.717) is 0 Å². The van der Waals surface area contributed by atoms with Gasteiger partial charge in [-0.3, -0.25) is 0 Å². The van der Waals surface area contributed by atoms with Crippen molar-refractivity contribution in [2.24, 2.45) is 0 Å². The van der Waals surface area contributed by atoms with E-state index in [9.17, 15) is 0 Å². The Labute approximate surface area is 90.9 Å². The van der Waals surface area contributed by atoms with Crippen LogP contribution in [0.1, 0.15) is 30.4 Å². The van der Waals surface area contributed by atoms with E-state index in [1.807, 2.05) is 19.2 Å². The van der Waals surface area contributed by atoms with Crippen molar-refractivity contribution in [1.82, 2.24) is 0 Å². The van der Waals surface area contributed by atoms with Gasteiger partial charge in [-0.15, -0.1) is 0 Å². The molecule has 1 fully saturated rings. The summed E-state index contributed by atoms with van der Waals surface area (Å²) in [7, 11) is 1.81. The van der Waals surface area contributed by atoms with Crippen molar-refractivity contribution in [3.63, 3.8) is 0 Å². The van der Waals surface area contributed by atoms with E-state index in [1.165, 1.54) is 18.4 Å². The molecule has 1 aliphatic rings. The average Bonchev–Trinajstić information content (AvgIpc) is 3.08. The minimum atomic E-state index is 0.127. The molecule has 0 aliphatic heterocycles. The first-order valence-corrected chi connectivity index (χ1v) is 5.52. The fourth-order valence-electron chi connectivity index (χ4n) is 1.88. The molecule has 82 valence electrons. The summed E-state index contributed by atoms with van der Waals surface area (Å²) in [5.74, 6) is 0. The molecule has 1 aliphatic carbocycles. The van der Waals surface area contributed by atoms with Crippen LogP contribution in [0.3, 0.4) is 0 Å². The largest absolute Gasteiger partial charge is 0.392 e. The summed E-state index contributed by atoms with van der Waals surface area (Å²) in [5.41, 5.74) is 2.50. The number of benzene rings is 1. The van der Waals surface area contributed by atoms with Crippen LogP contribution in [0.15, 0.2) is 24.3 Å². The van der Waals surface area contributed by atoms with Gasteiger partial charge in [-0.05, 0) is 36.8 Å². The van der Waals surface area contributed by atoms with Gasteiger partial charge in [-0.1, -0.05) is 24.3 Å². The van der Waals surface area contributed by atoms with Gasteiger partial charge in [0.2, 0.25) is 0 Å². The summed E-state index contributed by atoms with van der Waals surface area (Å²) in [5, 5.41) is 8.92. The van der Waals surface area contributed by atoms with Crippen molar-refractivity contribution in [2.75, 3.05) is 7.11 Å². The SMILES string of the molecule is COC1(CCc2ccc(CO)cc2)CC1. The highest BCUT2D eigenvalue weighted by Gasteiger charge is 2.42. The standard InChI is InChI=1S/C13H18O2/c1-15-13(8-9-13)7-6-11-2-4-12(10-14)5-3-11/h2-5,14H,6-10H2,1H3. The maximum absolute atomic E-state index is 8.92. The number of hydrogen-bond donors (Lipinski definition) is 1. The molecule has 15 heavy (non-hydrogen) atoms. The van der Waals surface area contributed by atoms with Gasteiger partial charge >= 0.3 is 0 Å². The molecule has 0 amide bonds. The Morgan fingerprint density at radius 3 is 2.27 bits per heavy atom. The van der Waals surface area contributed by atoms with Gasteiger partial charge in [0, 0.05) is 7.11 Å². The molecule has 2 nitrogen and oxygen atoms in total. The Morgan fingerprint density at radius 2 is 1.80 bits per heavy atom. The Kier molecular flexibility index (Phi) is 3.08. The maximum Gasteiger partial charge on any atom is 0.0684 e. The summed E-state index contributed by atoms with van der Waals surface area (Å²) in [6.45, 7) is 0.127. The van der Waals surface area contributed by atoms with E-state index in [-0.39, 0.29) is 12.2 Å². The van der Waals surface area contributed by atoms with E-state index in [4.69, 9.17) is 9.84 Å². The first-order valence-electron chi connectivity index (χ1n) is 5.52. The molecule has 1 aromatic carbocycles. The highest BCUT2D eigenvalue weighted by molar-refractivity contribution is 5.22. The average molecular weight is 206 g/mol. The highest BCUT2D eigenvalue weighted by Crippen LogP contribution is 2.42. The summed E-state index contributed by atoms with van der Waals surface area (Å²) in [6, 6.07) is 8.16. The molecule has 0 saturated heterocycles. The molecular weight excluding hydrogens is 188 g/mol. The molecule has 1 saturated carbocycles. The van der Waals surface area contributed by atoms with Gasteiger partial charge < -0.3 is 9.84 Å². The van der Waals surface area contributed by atoms with Crippen LogP contribution in [-0.2, 0) is 17.8 Å². The molecule has 0 bridgehead atoms. The van der Waals surface area contributed by atoms with Crippen LogP contribution in [0.5, 0.6) is 0 Å². The summed E-state index contributed by atoms with van der Waals surface area (Å²) in [6.07, 6.45) is 4.60. The van der Waals surface area contributed by atoms with E-state index in [1.54, 1.807) is 0 Å². The van der Waals surface area contributed by atoms with E-state index < -0.39 is 0 Å². The second-order valence-corrected chi connectivity index (χ2v) is 4.36. The molecule has 2 heteroatoms. The van der Waals surface area contributed by atoms with Crippen LogP contribution in [-0.4, -0.2) is 17.8 Å². The van der Waals surface area contributed by atoms with Crippen LogP contribution < -0.4 is 0 Å². The minimum Gasteiger partial charge on any atom is -0.392 e. The first kappa shape index (κ1) is 10.7. The van der Waals surface area contributed by atoms with Crippen molar-refractivity contribution < 1.29 is 9.84 Å². The minimum absolute atomic E-state index is 0.127. The van der Waals surface area contributed by atoms with Crippen LogP contribution >= 0.6 is 0 Å². The molecule has 1 aromatic rings. The Balaban J connectivity index is 1.88. The first-order chi connectivity index (χ1) is 7.28. The summed E-state index contributed by atoms with van der Waals surface area (Å²) < 4.78 is 5.48. The van der Waals surface area contributed by atoms with Crippen LogP contribution in [0.25, 0.3) is 0 Å². The second-order valence-electron chi connectivity index (χ2n) is 4.36. The molecule has 0 heterocycles. The number of methoxy groups -OCH3 is 1. The predicted molar refractivity (Wildman–Crippen MR) is 59.7 cm³/mol. The van der Waals surface area contributed by atoms with Gasteiger partial charge in [-0.2, -0.15) is 0 Å². The van der Waals surface area contributed by atoms with Gasteiger partial charge in [0.1, 0.15) is 0 Å². The van der Waals surface area contributed by atoms with Crippen molar-refractivity contribution in [2.45, 2.75) is 37.9 Å². The lowest BCUT2D eigenvalue weighted by molar-refractivity contribution is 0.0731. The fourth-order valence-corrected chi connectivity index (χ4v) is 1.88. The lowest BCUT2D eigenvalue weighted by Crippen LogP contribution is -2.12. The Morgan fingerprint density at radius 1 is 1.20 bits per heavy atom. The smallest absolute Gasteiger partial charge is 0.0684 e. The van der Waals surface area contributed by atoms with Crippen molar-refractivity contribution in [3.8, 4) is 0 Å². The Bertz CT molecular complexity index is 312. The third-order valence-electron chi connectivity index (χ3n) is 3.32. The Hall–Kier alpha value is -0.860. The molecule has 0 radical (unpaired) electrons. The van der Waals surface area contributed by atoms with Crippen molar-refractivity contribution in [3.05, 3.63) is 35.4 Å². The van der Waals surface area contributed by atoms with E-state index >= 15 is 0 Å². The summed E-state index contributed by atoms with van der Waals surface area (Å²) >= 11 is 0. The quantitative estimate of drug-likeness (QED) is 0.801. The zero-order valence-corrected chi connectivity index (χ0v) is 9.20. The van der Waals surface area contributed by atoms with Crippen LogP contribution in [0, 0.1) is 0 Å². The lowest BCUT2D eigenvalue weighted by atomic mass is 10.0. The van der Waals surface area contributed by atoms with E-state index in [2.05, 4.69) is 12.1 Å². The molecule has 0 spiro atoms. The number of hydrogen-bond acceptors (Lipinski definition) is 2. The third kappa shape index (κ3) is 2.58. The molecule has 0 unspecified atom stereocenters. The maximum atomic E-state index is 8.92. The van der Waals surface area contributed by atoms with Gasteiger partial charge in [0.25, 0.3) is 0 Å². The van der Waals surface area contributed by atoms with Crippen LogP contribution in [0.2, 0.25) is 0 Å². The number of ether oxygens (including phenoxy) is 1. The summed E-state index contributed by atoms with van der Waals surface area (Å²) in [4.78, 5) is 0. The second kappa shape index (κ2) is 4.33. The third-order valence-corrected chi connectivity index (χ3v) is 3.32. The highest BCUT2D eigenvalue weighted by atomic mass is 16.5. The van der Waals surface area contributed by atoms with Gasteiger partial charge in [0.15, 0.2) is 0 Å². The number of aliphatic hydroxyl groups is 1. The number of aliphatic hydroxyl groups excluding tert-OH is 1. The molecule has 2 rings (SSSR count). The van der Waals surface area contributed by atoms with Crippen molar-refractivity contribution >= 4 is 0 Å². The lowest BCUT2D eigenvalue weighted by Gasteiger charge is -2.12. The van der Waals surface area contributed by atoms with E-state index in [0.717, 1.165) is 18.4 Å². The molecule has 1 N–H and O–H groups in total. The molecule has 0 aromatic heterocycles. The topological polar surface area (TPSA) is 29.5 Å². The number of rotatable bonds is 5. The number of aryl methyl sites for hydroxylation is 1. The van der Waals surface area contributed by atoms with Gasteiger partial charge in [0.05, 0.1) is 12.2 Å². The zero-order chi connectivity index (χ0) is 10.7. The van der Waals surface area contributed by atoms with Crippen LogP contribution in [0.4, 0.5) is 0 Å². The zero-order valence-electron chi connectivity index (χ0n) is 9.20. The van der Waals surface area contributed by atoms with Crippen molar-refractivity contribution in [1.29, 1.82) is 0 Å². The fraction of sp³-hybridized carbons (Fsp3) is 0.538. The molecular formula is C13H18O2. The molecule has 0 atom stereocenters. The monoisotopic (exact) mass is 206 g/mol. The predicted octanol–water partition coefficient (Wildman–Crippen LogP) is 2.29.